The van der Waals surface area contributed by atoms with Gasteiger partial charge < -0.3 is 4.52 Å². The zero-order valence-corrected chi connectivity index (χ0v) is 6.98. The minimum Gasteiger partial charge on any atom is -0.336 e. The van der Waals surface area contributed by atoms with Crippen LogP contribution in [0.1, 0.15) is 10.4 Å². The van der Waals surface area contributed by atoms with Crippen LogP contribution in [0.25, 0.3) is 10.9 Å². The van der Waals surface area contributed by atoms with Gasteiger partial charge in [-0.05, 0) is 12.1 Å². The van der Waals surface area contributed by atoms with Crippen molar-refractivity contribution < 1.29 is 9.32 Å². The zero-order chi connectivity index (χ0) is 9.42. The summed E-state index contributed by atoms with van der Waals surface area (Å²) in [6, 6.07) is 4.80. The fourth-order valence-electron chi connectivity index (χ4n) is 1.28. The fourth-order valence-corrected chi connectivity index (χ4v) is 1.28. The van der Waals surface area contributed by atoms with Crippen LogP contribution in [-0.2, 0) is 7.05 Å². The topological polar surface area (TPSA) is 52.2 Å². The lowest BCUT2D eigenvalue weighted by Gasteiger charge is -1.92. The van der Waals surface area contributed by atoms with Crippen molar-refractivity contribution in [1.29, 1.82) is 0 Å². The van der Waals surface area contributed by atoms with Crippen LogP contribution >= 0.6 is 0 Å². The number of hydrogen-bond acceptors (Lipinski definition) is 3. The Labute approximate surface area is 73.3 Å². The summed E-state index contributed by atoms with van der Waals surface area (Å²) in [6.07, 6.45) is 0.733. The summed E-state index contributed by atoms with van der Waals surface area (Å²) >= 11 is 0. The van der Waals surface area contributed by atoms with Crippen LogP contribution in [0.3, 0.4) is 0 Å². The minimum atomic E-state index is -0.380. The average Bonchev–Trinajstić information content (AvgIpc) is 2.42. The molecule has 0 N–H and O–H groups in total. The Morgan fingerprint density at radius 3 is 2.92 bits per heavy atom. The number of carbonyl (C=O) groups is 1. The quantitative estimate of drug-likeness (QED) is 0.609. The molecule has 0 saturated heterocycles. The molecule has 4 heteroatoms. The van der Waals surface area contributed by atoms with Crippen molar-refractivity contribution >= 4 is 17.2 Å². The maximum Gasteiger partial charge on any atom is 0.365 e. The Hall–Kier alpha value is -1.84. The number of carbonyl (C=O) groups excluding carboxylic acids is 1. The van der Waals surface area contributed by atoms with Gasteiger partial charge in [-0.2, -0.15) is 0 Å². The van der Waals surface area contributed by atoms with Crippen molar-refractivity contribution in [2.75, 3.05) is 0 Å². The van der Waals surface area contributed by atoms with Gasteiger partial charge in [0.1, 0.15) is 6.29 Å². The molecule has 2 rings (SSSR count). The lowest BCUT2D eigenvalue weighted by atomic mass is 10.2. The molecule has 0 unspecified atom stereocenters. The van der Waals surface area contributed by atoms with E-state index in [0.717, 1.165) is 6.29 Å². The Kier molecular flexibility index (Phi) is 1.55. The molecule has 4 nitrogen and oxygen atoms in total. The molecule has 66 valence electrons. The molecule has 1 aromatic carbocycles. The Morgan fingerprint density at radius 1 is 1.46 bits per heavy atom. The van der Waals surface area contributed by atoms with Crippen molar-refractivity contribution in [2.45, 2.75) is 0 Å². The van der Waals surface area contributed by atoms with Crippen LogP contribution in [0.2, 0.25) is 0 Å². The molecule has 0 aliphatic heterocycles. The third-order valence-corrected chi connectivity index (χ3v) is 1.94. The second-order valence-electron chi connectivity index (χ2n) is 2.77. The minimum absolute atomic E-state index is 0.380. The maximum atomic E-state index is 11.1. The molecule has 0 aliphatic rings. The maximum absolute atomic E-state index is 11.1. The third kappa shape index (κ3) is 1.07. The van der Waals surface area contributed by atoms with E-state index in [9.17, 15) is 9.59 Å². The van der Waals surface area contributed by atoms with E-state index in [-0.39, 0.29) is 5.63 Å². The second-order valence-corrected chi connectivity index (χ2v) is 2.77. The normalized spacial score (nSPS) is 10.5. The van der Waals surface area contributed by atoms with Gasteiger partial charge >= 0.3 is 5.63 Å². The van der Waals surface area contributed by atoms with E-state index >= 15 is 0 Å². The summed E-state index contributed by atoms with van der Waals surface area (Å²) in [5.74, 6) is 0. The first-order valence-corrected chi connectivity index (χ1v) is 3.77. The average molecular weight is 177 g/mol. The highest BCUT2D eigenvalue weighted by Crippen LogP contribution is 2.11. The Morgan fingerprint density at radius 2 is 2.23 bits per heavy atom. The monoisotopic (exact) mass is 177 g/mol. The van der Waals surface area contributed by atoms with E-state index in [0.29, 0.717) is 16.5 Å². The molecule has 0 atom stereocenters. The standard InChI is InChI=1S/C9H7NO3/c1-10-8-4-6(5-11)2-3-7(8)9(12)13-10/h2-5H,1H3. The number of aryl methyl sites for hydroxylation is 1. The number of benzene rings is 1. The van der Waals surface area contributed by atoms with Gasteiger partial charge in [0, 0.05) is 12.6 Å². The number of rotatable bonds is 1. The first-order valence-electron chi connectivity index (χ1n) is 3.77. The molecule has 0 spiro atoms. The highest BCUT2D eigenvalue weighted by molar-refractivity contribution is 5.85. The van der Waals surface area contributed by atoms with Crippen LogP contribution < -0.4 is 5.63 Å². The molecule has 1 aromatic heterocycles. The van der Waals surface area contributed by atoms with Gasteiger partial charge in [0.25, 0.3) is 0 Å². The number of aldehydes is 1. The summed E-state index contributed by atoms with van der Waals surface area (Å²) in [6.45, 7) is 0. The summed E-state index contributed by atoms with van der Waals surface area (Å²) < 4.78 is 6.16. The molecule has 0 amide bonds. The Bertz CT molecular complexity index is 521. The van der Waals surface area contributed by atoms with Gasteiger partial charge in [0.2, 0.25) is 0 Å². The smallest absolute Gasteiger partial charge is 0.336 e. The zero-order valence-electron chi connectivity index (χ0n) is 6.98. The summed E-state index contributed by atoms with van der Waals surface area (Å²) in [7, 11) is 1.62. The van der Waals surface area contributed by atoms with Gasteiger partial charge in [0.05, 0.1) is 10.9 Å². The van der Waals surface area contributed by atoms with E-state index in [1.807, 2.05) is 0 Å². The largest absolute Gasteiger partial charge is 0.365 e. The van der Waals surface area contributed by atoms with E-state index in [1.165, 1.54) is 4.74 Å². The SMILES string of the molecule is Cn1oc(=O)c2ccc(C=O)cc21. The van der Waals surface area contributed by atoms with Crippen molar-refractivity contribution in [2.24, 2.45) is 7.05 Å². The first kappa shape index (κ1) is 7.79. The molecular formula is C9H7NO3. The first-order chi connectivity index (χ1) is 6.22. The third-order valence-electron chi connectivity index (χ3n) is 1.94. The second kappa shape index (κ2) is 2.58. The van der Waals surface area contributed by atoms with Gasteiger partial charge in [-0.1, -0.05) is 6.07 Å². The van der Waals surface area contributed by atoms with Crippen LogP contribution in [0.15, 0.2) is 27.5 Å². The fraction of sp³-hybridized carbons (Fsp3) is 0.111. The van der Waals surface area contributed by atoms with Gasteiger partial charge in [0.15, 0.2) is 0 Å². The van der Waals surface area contributed by atoms with Crippen LogP contribution in [0, 0.1) is 0 Å². The van der Waals surface area contributed by atoms with Crippen molar-refractivity contribution in [3.05, 3.63) is 34.2 Å². The van der Waals surface area contributed by atoms with E-state index < -0.39 is 0 Å². The van der Waals surface area contributed by atoms with E-state index in [1.54, 1.807) is 25.2 Å². The van der Waals surface area contributed by atoms with Gasteiger partial charge in [-0.3, -0.25) is 4.79 Å². The van der Waals surface area contributed by atoms with Gasteiger partial charge in [-0.25, -0.2) is 9.53 Å². The molecule has 0 bridgehead atoms. The molecule has 0 aliphatic carbocycles. The van der Waals surface area contributed by atoms with Gasteiger partial charge in [-0.15, -0.1) is 0 Å². The molecule has 0 fully saturated rings. The lowest BCUT2D eigenvalue weighted by Crippen LogP contribution is -1.91. The Balaban J connectivity index is 2.91. The van der Waals surface area contributed by atoms with Crippen molar-refractivity contribution in [3.63, 3.8) is 0 Å². The molecule has 0 radical (unpaired) electrons. The molecular weight excluding hydrogens is 170 g/mol. The number of nitrogens with zero attached hydrogens (tertiary/aromatic N) is 1. The van der Waals surface area contributed by atoms with Crippen LogP contribution in [0.4, 0.5) is 0 Å². The van der Waals surface area contributed by atoms with E-state index in [4.69, 9.17) is 4.52 Å². The molecule has 0 saturated carbocycles. The number of aromatic nitrogens is 1. The van der Waals surface area contributed by atoms with Crippen LogP contribution in [-0.4, -0.2) is 11.0 Å². The van der Waals surface area contributed by atoms with Crippen molar-refractivity contribution in [3.8, 4) is 0 Å². The predicted octanol–water partition coefficient (Wildman–Crippen LogP) is 0.944. The molecule has 1 heterocycles. The number of fused-ring (bicyclic) bond motifs is 1. The summed E-state index contributed by atoms with van der Waals surface area (Å²) in [4.78, 5) is 21.6. The van der Waals surface area contributed by atoms with E-state index in [2.05, 4.69) is 0 Å². The molecule has 13 heavy (non-hydrogen) atoms. The predicted molar refractivity (Wildman–Crippen MR) is 46.8 cm³/mol. The summed E-state index contributed by atoms with van der Waals surface area (Å²) in [5.41, 5.74) is 0.786. The highest BCUT2D eigenvalue weighted by Gasteiger charge is 2.05. The summed E-state index contributed by atoms with van der Waals surface area (Å²) in [5, 5.41) is 0.494. The van der Waals surface area contributed by atoms with Crippen LogP contribution in [0.5, 0.6) is 0 Å². The highest BCUT2D eigenvalue weighted by atomic mass is 16.5. The molecule has 2 aromatic rings. The lowest BCUT2D eigenvalue weighted by molar-refractivity contribution is 0.112. The van der Waals surface area contributed by atoms with Crippen molar-refractivity contribution in [1.82, 2.24) is 4.74 Å². The number of hydrogen-bond donors (Lipinski definition) is 0.